The standard InChI is InChI=1S/C14H18N4O2/c1-9(2)20-11-6-4-10(5-7-11)16-12-8-13(19-3)18-14(15)17-12/h4-9H,1-3H3,(H3,15,16,17,18). The molecule has 6 nitrogen and oxygen atoms in total. The molecule has 1 aromatic carbocycles. The third-order valence-corrected chi connectivity index (χ3v) is 2.43. The number of methoxy groups -OCH3 is 1. The van der Waals surface area contributed by atoms with Crippen LogP contribution in [0.15, 0.2) is 30.3 Å². The fraction of sp³-hybridized carbons (Fsp3) is 0.286. The molecule has 2 aromatic rings. The minimum atomic E-state index is 0.153. The summed E-state index contributed by atoms with van der Waals surface area (Å²) in [6, 6.07) is 9.27. The molecule has 20 heavy (non-hydrogen) atoms. The van der Waals surface area contributed by atoms with Crippen molar-refractivity contribution in [3.8, 4) is 11.6 Å². The van der Waals surface area contributed by atoms with Gasteiger partial charge in [0.2, 0.25) is 11.8 Å². The van der Waals surface area contributed by atoms with Crippen molar-refractivity contribution in [1.82, 2.24) is 9.97 Å². The second-order valence-electron chi connectivity index (χ2n) is 4.47. The molecule has 0 bridgehead atoms. The topological polar surface area (TPSA) is 82.3 Å². The number of ether oxygens (including phenoxy) is 2. The van der Waals surface area contributed by atoms with Crippen molar-refractivity contribution in [2.75, 3.05) is 18.2 Å². The maximum Gasteiger partial charge on any atom is 0.225 e. The van der Waals surface area contributed by atoms with Crippen molar-refractivity contribution in [2.45, 2.75) is 20.0 Å². The van der Waals surface area contributed by atoms with E-state index in [9.17, 15) is 0 Å². The number of rotatable bonds is 5. The highest BCUT2D eigenvalue weighted by Crippen LogP contribution is 2.22. The highest BCUT2D eigenvalue weighted by atomic mass is 16.5. The van der Waals surface area contributed by atoms with E-state index in [2.05, 4.69) is 15.3 Å². The number of benzene rings is 1. The van der Waals surface area contributed by atoms with E-state index in [-0.39, 0.29) is 12.1 Å². The summed E-state index contributed by atoms with van der Waals surface area (Å²) in [7, 11) is 1.53. The van der Waals surface area contributed by atoms with Gasteiger partial charge in [0.05, 0.1) is 13.2 Å². The molecule has 0 saturated heterocycles. The lowest BCUT2D eigenvalue weighted by molar-refractivity contribution is 0.242. The summed E-state index contributed by atoms with van der Waals surface area (Å²) in [5.41, 5.74) is 6.48. The minimum Gasteiger partial charge on any atom is -0.491 e. The summed E-state index contributed by atoms with van der Waals surface area (Å²) >= 11 is 0. The van der Waals surface area contributed by atoms with Gasteiger partial charge in [-0.05, 0) is 38.1 Å². The Balaban J connectivity index is 2.11. The average Bonchev–Trinajstić information content (AvgIpc) is 2.39. The van der Waals surface area contributed by atoms with Crippen LogP contribution in [0.25, 0.3) is 0 Å². The Bertz CT molecular complexity index is 570. The predicted octanol–water partition coefficient (Wildman–Crippen LogP) is 2.60. The van der Waals surface area contributed by atoms with E-state index in [0.717, 1.165) is 11.4 Å². The molecule has 0 aliphatic heterocycles. The third-order valence-electron chi connectivity index (χ3n) is 2.43. The molecule has 0 fully saturated rings. The molecule has 0 aliphatic rings. The van der Waals surface area contributed by atoms with Gasteiger partial charge in [0.15, 0.2) is 0 Å². The lowest BCUT2D eigenvalue weighted by Gasteiger charge is -2.11. The van der Waals surface area contributed by atoms with E-state index >= 15 is 0 Å². The molecular formula is C14H18N4O2. The van der Waals surface area contributed by atoms with Gasteiger partial charge in [-0.15, -0.1) is 0 Å². The quantitative estimate of drug-likeness (QED) is 0.872. The first-order valence-electron chi connectivity index (χ1n) is 6.29. The van der Waals surface area contributed by atoms with Gasteiger partial charge in [0.1, 0.15) is 11.6 Å². The average molecular weight is 274 g/mol. The normalized spacial score (nSPS) is 10.4. The number of hydrogen-bond acceptors (Lipinski definition) is 6. The van der Waals surface area contributed by atoms with E-state index in [0.29, 0.717) is 11.7 Å². The lowest BCUT2D eigenvalue weighted by Crippen LogP contribution is -2.05. The number of anilines is 3. The first-order valence-corrected chi connectivity index (χ1v) is 6.29. The molecule has 3 N–H and O–H groups in total. The molecule has 0 radical (unpaired) electrons. The molecule has 106 valence electrons. The molecule has 1 heterocycles. The zero-order chi connectivity index (χ0) is 14.5. The molecule has 0 aliphatic carbocycles. The van der Waals surface area contributed by atoms with Crippen LogP contribution >= 0.6 is 0 Å². The number of nitrogen functional groups attached to an aromatic ring is 1. The van der Waals surface area contributed by atoms with Crippen LogP contribution in [0, 0.1) is 0 Å². The van der Waals surface area contributed by atoms with Crippen LogP contribution in [0.5, 0.6) is 11.6 Å². The van der Waals surface area contributed by atoms with Crippen LogP contribution in [0.2, 0.25) is 0 Å². The van der Waals surface area contributed by atoms with Crippen LogP contribution in [0.4, 0.5) is 17.5 Å². The summed E-state index contributed by atoms with van der Waals surface area (Å²) in [5.74, 6) is 1.98. The van der Waals surface area contributed by atoms with Crippen LogP contribution in [0.1, 0.15) is 13.8 Å². The van der Waals surface area contributed by atoms with Gasteiger partial charge in [0.25, 0.3) is 0 Å². The van der Waals surface area contributed by atoms with E-state index in [1.54, 1.807) is 6.07 Å². The van der Waals surface area contributed by atoms with Crippen molar-refractivity contribution in [3.05, 3.63) is 30.3 Å². The number of nitrogens with zero attached hydrogens (tertiary/aromatic N) is 2. The van der Waals surface area contributed by atoms with Gasteiger partial charge in [-0.2, -0.15) is 9.97 Å². The highest BCUT2D eigenvalue weighted by Gasteiger charge is 2.03. The number of aromatic nitrogens is 2. The van der Waals surface area contributed by atoms with Gasteiger partial charge in [-0.3, -0.25) is 0 Å². The predicted molar refractivity (Wildman–Crippen MR) is 78.5 cm³/mol. The van der Waals surface area contributed by atoms with E-state index in [1.165, 1.54) is 7.11 Å². The highest BCUT2D eigenvalue weighted by molar-refractivity contribution is 5.58. The van der Waals surface area contributed by atoms with Crippen molar-refractivity contribution >= 4 is 17.5 Å². The van der Waals surface area contributed by atoms with Crippen LogP contribution in [0.3, 0.4) is 0 Å². The molecular weight excluding hydrogens is 256 g/mol. The second kappa shape index (κ2) is 6.10. The maximum atomic E-state index is 5.61. The molecule has 0 atom stereocenters. The minimum absolute atomic E-state index is 0.153. The van der Waals surface area contributed by atoms with Crippen molar-refractivity contribution in [3.63, 3.8) is 0 Å². The molecule has 6 heteroatoms. The first kappa shape index (κ1) is 13.9. The fourth-order valence-corrected chi connectivity index (χ4v) is 1.65. The Kier molecular flexibility index (Phi) is 4.24. The van der Waals surface area contributed by atoms with E-state index in [4.69, 9.17) is 15.2 Å². The van der Waals surface area contributed by atoms with Gasteiger partial charge in [-0.25, -0.2) is 0 Å². The number of hydrogen-bond donors (Lipinski definition) is 2. The summed E-state index contributed by atoms with van der Waals surface area (Å²) in [4.78, 5) is 8.02. The van der Waals surface area contributed by atoms with Gasteiger partial charge >= 0.3 is 0 Å². The summed E-state index contributed by atoms with van der Waals surface area (Å²) in [6.07, 6.45) is 0.153. The van der Waals surface area contributed by atoms with Gasteiger partial charge in [0, 0.05) is 11.8 Å². The second-order valence-corrected chi connectivity index (χ2v) is 4.47. The van der Waals surface area contributed by atoms with Crippen LogP contribution in [-0.2, 0) is 0 Å². The zero-order valence-corrected chi connectivity index (χ0v) is 11.8. The monoisotopic (exact) mass is 274 g/mol. The van der Waals surface area contributed by atoms with Gasteiger partial charge in [-0.1, -0.05) is 0 Å². The Labute approximate surface area is 118 Å². The lowest BCUT2D eigenvalue weighted by atomic mass is 10.3. The summed E-state index contributed by atoms with van der Waals surface area (Å²) < 4.78 is 10.6. The molecule has 0 saturated carbocycles. The molecule has 0 amide bonds. The molecule has 0 unspecified atom stereocenters. The number of nitrogens with one attached hydrogen (secondary N) is 1. The van der Waals surface area contributed by atoms with E-state index < -0.39 is 0 Å². The SMILES string of the molecule is COc1cc(Nc2ccc(OC(C)C)cc2)nc(N)n1. The summed E-state index contributed by atoms with van der Waals surface area (Å²) in [5, 5.41) is 3.13. The molecule has 2 rings (SSSR count). The van der Waals surface area contributed by atoms with Crippen LogP contribution < -0.4 is 20.5 Å². The van der Waals surface area contributed by atoms with Crippen LogP contribution in [-0.4, -0.2) is 23.2 Å². The van der Waals surface area contributed by atoms with Gasteiger partial charge < -0.3 is 20.5 Å². The number of nitrogens with two attached hydrogens (primary N) is 1. The zero-order valence-electron chi connectivity index (χ0n) is 11.8. The maximum absolute atomic E-state index is 5.61. The largest absolute Gasteiger partial charge is 0.491 e. The Morgan fingerprint density at radius 1 is 1.15 bits per heavy atom. The smallest absolute Gasteiger partial charge is 0.225 e. The molecule has 1 aromatic heterocycles. The Hall–Kier alpha value is -2.50. The Morgan fingerprint density at radius 2 is 1.85 bits per heavy atom. The molecule has 0 spiro atoms. The van der Waals surface area contributed by atoms with E-state index in [1.807, 2.05) is 38.1 Å². The van der Waals surface area contributed by atoms with Crippen molar-refractivity contribution in [1.29, 1.82) is 0 Å². The third kappa shape index (κ3) is 3.74. The Morgan fingerprint density at radius 3 is 2.45 bits per heavy atom. The first-order chi connectivity index (χ1) is 9.56. The fourth-order valence-electron chi connectivity index (χ4n) is 1.65. The summed E-state index contributed by atoms with van der Waals surface area (Å²) in [6.45, 7) is 3.98. The van der Waals surface area contributed by atoms with Crippen molar-refractivity contribution in [2.24, 2.45) is 0 Å². The van der Waals surface area contributed by atoms with Crippen molar-refractivity contribution < 1.29 is 9.47 Å².